The molecule has 1 aliphatic heterocycles. The molecule has 0 bridgehead atoms. The zero-order valence-electron chi connectivity index (χ0n) is 10.2. The van der Waals surface area contributed by atoms with Gasteiger partial charge < -0.3 is 4.90 Å². The third kappa shape index (κ3) is 1.97. The van der Waals surface area contributed by atoms with Crippen molar-refractivity contribution in [2.24, 2.45) is 5.41 Å². The van der Waals surface area contributed by atoms with Gasteiger partial charge in [0, 0.05) is 18.0 Å². The summed E-state index contributed by atoms with van der Waals surface area (Å²) in [4.78, 5) is 14.2. The van der Waals surface area contributed by atoms with Gasteiger partial charge in [-0.15, -0.1) is 0 Å². The normalized spacial score (nSPS) is 23.8. The zero-order valence-corrected chi connectivity index (χ0v) is 10.2. The molecule has 86 valence electrons. The molecule has 2 heteroatoms. The molecule has 1 atom stereocenters. The van der Waals surface area contributed by atoms with E-state index in [-0.39, 0.29) is 11.3 Å². The highest BCUT2D eigenvalue weighted by Gasteiger charge is 2.42. The Labute approximate surface area is 97.3 Å². The Balaban J connectivity index is 2.14. The van der Waals surface area contributed by atoms with E-state index in [2.05, 4.69) is 19.1 Å². The number of hydrogen-bond donors (Lipinski definition) is 0. The summed E-state index contributed by atoms with van der Waals surface area (Å²) in [6.07, 6.45) is 0.957. The van der Waals surface area contributed by atoms with Crippen molar-refractivity contribution in [3.63, 3.8) is 0 Å². The molecule has 0 saturated carbocycles. The number of amides is 1. The summed E-state index contributed by atoms with van der Waals surface area (Å²) in [7, 11) is 0. The van der Waals surface area contributed by atoms with Gasteiger partial charge in [0.15, 0.2) is 0 Å². The van der Waals surface area contributed by atoms with Crippen molar-refractivity contribution in [2.45, 2.75) is 39.8 Å². The Bertz CT molecular complexity index is 383. The molecule has 1 fully saturated rings. The number of benzene rings is 1. The highest BCUT2D eigenvalue weighted by Crippen LogP contribution is 2.35. The molecule has 1 aliphatic rings. The molecule has 0 spiro atoms. The predicted octanol–water partition coefficient (Wildman–Crippen LogP) is 2.83. The first kappa shape index (κ1) is 11.2. The van der Waals surface area contributed by atoms with Gasteiger partial charge in [-0.25, -0.2) is 0 Å². The van der Waals surface area contributed by atoms with Gasteiger partial charge in [-0.3, -0.25) is 4.79 Å². The molecule has 16 heavy (non-hydrogen) atoms. The fraction of sp³-hybridized carbons (Fsp3) is 0.500. The van der Waals surface area contributed by atoms with Crippen molar-refractivity contribution in [2.75, 3.05) is 0 Å². The average molecular weight is 217 g/mol. The summed E-state index contributed by atoms with van der Waals surface area (Å²) in [5, 5.41) is 0. The molecular formula is C14H19NO. The fourth-order valence-corrected chi connectivity index (χ4v) is 2.53. The maximum absolute atomic E-state index is 12.2. The van der Waals surface area contributed by atoms with Gasteiger partial charge in [0.25, 0.3) is 0 Å². The molecule has 1 aromatic carbocycles. The standard InChI is InChI=1S/C14H19NO/c1-11-9-14(2,3)13(16)15(11)10-12-7-5-4-6-8-12/h4-8,11H,9-10H2,1-3H3/t11-/m0/s1. The minimum atomic E-state index is -0.186. The Morgan fingerprint density at radius 2 is 1.94 bits per heavy atom. The second-order valence-electron chi connectivity index (χ2n) is 5.36. The summed E-state index contributed by atoms with van der Waals surface area (Å²) in [6.45, 7) is 6.95. The summed E-state index contributed by atoms with van der Waals surface area (Å²) >= 11 is 0. The maximum Gasteiger partial charge on any atom is 0.228 e. The van der Waals surface area contributed by atoms with Crippen LogP contribution in [0.3, 0.4) is 0 Å². The Morgan fingerprint density at radius 1 is 1.31 bits per heavy atom. The third-order valence-electron chi connectivity index (χ3n) is 3.37. The van der Waals surface area contributed by atoms with Crippen LogP contribution in [0.25, 0.3) is 0 Å². The average Bonchev–Trinajstić information content (AvgIpc) is 2.42. The molecule has 1 amide bonds. The minimum absolute atomic E-state index is 0.186. The van der Waals surface area contributed by atoms with Crippen LogP contribution in [0, 0.1) is 5.41 Å². The summed E-state index contributed by atoms with van der Waals surface area (Å²) in [5.41, 5.74) is 1.02. The minimum Gasteiger partial charge on any atom is -0.335 e. The van der Waals surface area contributed by atoms with Crippen molar-refractivity contribution in [3.05, 3.63) is 35.9 Å². The highest BCUT2D eigenvalue weighted by molar-refractivity contribution is 5.84. The second kappa shape index (κ2) is 3.93. The molecule has 2 rings (SSSR count). The molecule has 0 N–H and O–H groups in total. The Kier molecular flexibility index (Phi) is 2.75. The monoisotopic (exact) mass is 217 g/mol. The second-order valence-corrected chi connectivity index (χ2v) is 5.36. The van der Waals surface area contributed by atoms with E-state index in [1.54, 1.807) is 0 Å². The number of carbonyl (C=O) groups excluding carboxylic acids is 1. The molecule has 2 nitrogen and oxygen atoms in total. The first-order chi connectivity index (χ1) is 7.50. The molecule has 0 aliphatic carbocycles. The molecule has 1 aromatic rings. The van der Waals surface area contributed by atoms with E-state index in [1.807, 2.05) is 36.9 Å². The lowest BCUT2D eigenvalue weighted by Gasteiger charge is -2.22. The number of nitrogens with zero attached hydrogens (tertiary/aromatic N) is 1. The largest absolute Gasteiger partial charge is 0.335 e. The van der Waals surface area contributed by atoms with Crippen LogP contribution in [0.1, 0.15) is 32.8 Å². The smallest absolute Gasteiger partial charge is 0.228 e. The molecule has 1 saturated heterocycles. The number of likely N-dealkylation sites (tertiary alicyclic amines) is 1. The van der Waals surface area contributed by atoms with Crippen LogP contribution in [0.2, 0.25) is 0 Å². The van der Waals surface area contributed by atoms with Gasteiger partial charge in [-0.1, -0.05) is 44.2 Å². The number of rotatable bonds is 2. The highest BCUT2D eigenvalue weighted by atomic mass is 16.2. The van der Waals surface area contributed by atoms with Crippen LogP contribution >= 0.6 is 0 Å². The fourth-order valence-electron chi connectivity index (χ4n) is 2.53. The SMILES string of the molecule is C[C@H]1CC(C)(C)C(=O)N1Cc1ccccc1. The molecule has 0 aromatic heterocycles. The van der Waals surface area contributed by atoms with Crippen molar-refractivity contribution >= 4 is 5.91 Å². The van der Waals surface area contributed by atoms with E-state index >= 15 is 0 Å². The lowest BCUT2D eigenvalue weighted by Crippen LogP contribution is -2.33. The predicted molar refractivity (Wildman–Crippen MR) is 64.9 cm³/mol. The Hall–Kier alpha value is -1.31. The van der Waals surface area contributed by atoms with Gasteiger partial charge in [0.05, 0.1) is 0 Å². The van der Waals surface area contributed by atoms with E-state index in [1.165, 1.54) is 5.56 Å². The Morgan fingerprint density at radius 3 is 2.44 bits per heavy atom. The molecular weight excluding hydrogens is 198 g/mol. The van der Waals surface area contributed by atoms with Crippen LogP contribution in [-0.2, 0) is 11.3 Å². The van der Waals surface area contributed by atoms with Crippen LogP contribution < -0.4 is 0 Å². The van der Waals surface area contributed by atoms with Crippen LogP contribution in [0.4, 0.5) is 0 Å². The molecule has 1 heterocycles. The number of carbonyl (C=O) groups is 1. The summed E-state index contributed by atoms with van der Waals surface area (Å²) < 4.78 is 0. The third-order valence-corrected chi connectivity index (χ3v) is 3.37. The van der Waals surface area contributed by atoms with Crippen molar-refractivity contribution in [3.8, 4) is 0 Å². The van der Waals surface area contributed by atoms with E-state index in [0.29, 0.717) is 6.04 Å². The quantitative estimate of drug-likeness (QED) is 0.746. The van der Waals surface area contributed by atoms with E-state index in [9.17, 15) is 4.79 Å². The first-order valence-electron chi connectivity index (χ1n) is 5.86. The van der Waals surface area contributed by atoms with E-state index < -0.39 is 0 Å². The zero-order chi connectivity index (χ0) is 11.8. The van der Waals surface area contributed by atoms with Gasteiger partial charge >= 0.3 is 0 Å². The maximum atomic E-state index is 12.2. The van der Waals surface area contributed by atoms with E-state index in [4.69, 9.17) is 0 Å². The van der Waals surface area contributed by atoms with Crippen LogP contribution in [0.5, 0.6) is 0 Å². The van der Waals surface area contributed by atoms with Crippen molar-refractivity contribution in [1.82, 2.24) is 4.90 Å². The van der Waals surface area contributed by atoms with Gasteiger partial charge in [0.2, 0.25) is 5.91 Å². The summed E-state index contributed by atoms with van der Waals surface area (Å²) in [5.74, 6) is 0.281. The first-order valence-corrected chi connectivity index (χ1v) is 5.86. The van der Waals surface area contributed by atoms with Crippen molar-refractivity contribution < 1.29 is 4.79 Å². The topological polar surface area (TPSA) is 20.3 Å². The van der Waals surface area contributed by atoms with Gasteiger partial charge in [0.1, 0.15) is 0 Å². The lowest BCUT2D eigenvalue weighted by atomic mass is 9.90. The number of hydrogen-bond acceptors (Lipinski definition) is 1. The molecule has 0 radical (unpaired) electrons. The van der Waals surface area contributed by atoms with Gasteiger partial charge in [-0.05, 0) is 18.9 Å². The van der Waals surface area contributed by atoms with Gasteiger partial charge in [-0.2, -0.15) is 0 Å². The van der Waals surface area contributed by atoms with Crippen molar-refractivity contribution in [1.29, 1.82) is 0 Å². The van der Waals surface area contributed by atoms with Crippen LogP contribution in [0.15, 0.2) is 30.3 Å². The lowest BCUT2D eigenvalue weighted by molar-refractivity contribution is -0.135. The summed E-state index contributed by atoms with van der Waals surface area (Å²) in [6, 6.07) is 10.5. The van der Waals surface area contributed by atoms with E-state index in [0.717, 1.165) is 13.0 Å². The molecule has 0 unspecified atom stereocenters. The van der Waals surface area contributed by atoms with Crippen LogP contribution in [-0.4, -0.2) is 16.8 Å².